The molecule has 1 amide bonds. The van der Waals surface area contributed by atoms with Crippen LogP contribution in [-0.4, -0.2) is 19.0 Å². The summed E-state index contributed by atoms with van der Waals surface area (Å²) in [6, 6.07) is 4.15. The Balaban J connectivity index is 3.20. The summed E-state index contributed by atoms with van der Waals surface area (Å²) in [5.74, 6) is -1.19. The Morgan fingerprint density at radius 1 is 1.21 bits per heavy atom. The van der Waals surface area contributed by atoms with Gasteiger partial charge in [-0.1, -0.05) is 0 Å². The molecule has 5 nitrogen and oxygen atoms in total. The lowest BCUT2D eigenvalue weighted by Gasteiger charge is -2.03. The summed E-state index contributed by atoms with van der Waals surface area (Å²) in [5.41, 5.74) is 11.2. The Morgan fingerprint density at radius 3 is 2.29 bits per heavy atom. The van der Waals surface area contributed by atoms with Crippen molar-refractivity contribution in [2.75, 3.05) is 12.8 Å². The molecule has 0 unspecified atom stereocenters. The fraction of sp³-hybridized carbons (Fsp3) is 0.111. The van der Waals surface area contributed by atoms with E-state index in [2.05, 4.69) is 4.74 Å². The lowest BCUT2D eigenvalue weighted by Crippen LogP contribution is -2.13. The standard InChI is InChI=1S/C9H10N2O3/c1-14-9(13)6-2-5(8(11)12)3-7(10)4-6/h2-4H,10H2,1H3,(H2,11,12). The van der Waals surface area contributed by atoms with E-state index in [-0.39, 0.29) is 11.1 Å². The van der Waals surface area contributed by atoms with Gasteiger partial charge in [-0.2, -0.15) is 0 Å². The van der Waals surface area contributed by atoms with Crippen molar-refractivity contribution in [1.29, 1.82) is 0 Å². The predicted molar refractivity (Wildman–Crippen MR) is 50.7 cm³/mol. The number of carbonyl (C=O) groups excluding carboxylic acids is 2. The number of primary amides is 1. The number of amides is 1. The summed E-state index contributed by atoms with van der Waals surface area (Å²) < 4.78 is 4.48. The normalized spacial score (nSPS) is 9.50. The number of rotatable bonds is 2. The summed E-state index contributed by atoms with van der Waals surface area (Å²) in [4.78, 5) is 21.9. The number of nitrogen functional groups attached to an aromatic ring is 1. The van der Waals surface area contributed by atoms with Gasteiger partial charge in [0.2, 0.25) is 5.91 Å². The zero-order valence-electron chi connectivity index (χ0n) is 7.61. The molecule has 0 fully saturated rings. The first kappa shape index (κ1) is 10.0. The van der Waals surface area contributed by atoms with E-state index in [0.717, 1.165) is 0 Å². The number of methoxy groups -OCH3 is 1. The fourth-order valence-electron chi connectivity index (χ4n) is 1.03. The molecule has 0 aliphatic carbocycles. The molecule has 0 saturated heterocycles. The Bertz CT molecular complexity index is 388. The molecule has 1 aromatic carbocycles. The van der Waals surface area contributed by atoms with Crippen LogP contribution in [0, 0.1) is 0 Å². The third kappa shape index (κ3) is 2.01. The van der Waals surface area contributed by atoms with Crippen molar-refractivity contribution in [2.45, 2.75) is 0 Å². The average Bonchev–Trinajstić information content (AvgIpc) is 2.15. The highest BCUT2D eigenvalue weighted by atomic mass is 16.5. The molecule has 5 heteroatoms. The first-order valence-corrected chi connectivity index (χ1v) is 3.83. The lowest BCUT2D eigenvalue weighted by atomic mass is 10.1. The Morgan fingerprint density at radius 2 is 1.79 bits per heavy atom. The van der Waals surface area contributed by atoms with Crippen LogP contribution in [0.1, 0.15) is 20.7 Å². The van der Waals surface area contributed by atoms with Crippen LogP contribution < -0.4 is 11.5 Å². The summed E-state index contributed by atoms with van der Waals surface area (Å²) in [7, 11) is 1.25. The summed E-state index contributed by atoms with van der Waals surface area (Å²) in [6.45, 7) is 0. The third-order valence-electron chi connectivity index (χ3n) is 1.66. The van der Waals surface area contributed by atoms with Gasteiger partial charge >= 0.3 is 5.97 Å². The topological polar surface area (TPSA) is 95.4 Å². The second kappa shape index (κ2) is 3.78. The summed E-state index contributed by atoms with van der Waals surface area (Å²) in [6.07, 6.45) is 0. The minimum Gasteiger partial charge on any atom is -0.465 e. The largest absolute Gasteiger partial charge is 0.465 e. The van der Waals surface area contributed by atoms with Gasteiger partial charge in [0.1, 0.15) is 0 Å². The molecule has 1 aromatic rings. The van der Waals surface area contributed by atoms with Gasteiger partial charge in [0.25, 0.3) is 0 Å². The highest BCUT2D eigenvalue weighted by molar-refractivity contribution is 5.98. The molecule has 1 rings (SSSR count). The number of anilines is 1. The minimum absolute atomic E-state index is 0.186. The average molecular weight is 194 g/mol. The van der Waals surface area contributed by atoms with Crippen LogP contribution in [0.25, 0.3) is 0 Å². The van der Waals surface area contributed by atoms with Crippen LogP contribution in [0.4, 0.5) is 5.69 Å². The van der Waals surface area contributed by atoms with E-state index in [1.165, 1.54) is 25.3 Å². The molecule has 0 aromatic heterocycles. The number of hydrogen-bond acceptors (Lipinski definition) is 4. The van der Waals surface area contributed by atoms with E-state index >= 15 is 0 Å². The van der Waals surface area contributed by atoms with Crippen molar-refractivity contribution in [2.24, 2.45) is 5.73 Å². The van der Waals surface area contributed by atoms with Crippen LogP contribution in [0.3, 0.4) is 0 Å². The van der Waals surface area contributed by atoms with E-state index in [4.69, 9.17) is 11.5 Å². The van der Waals surface area contributed by atoms with Crippen LogP contribution >= 0.6 is 0 Å². The molecule has 0 aliphatic heterocycles. The van der Waals surface area contributed by atoms with Gasteiger partial charge in [-0.15, -0.1) is 0 Å². The number of nitrogens with two attached hydrogens (primary N) is 2. The molecule has 0 saturated carbocycles. The van der Waals surface area contributed by atoms with E-state index in [1.807, 2.05) is 0 Å². The highest BCUT2D eigenvalue weighted by Crippen LogP contribution is 2.12. The zero-order valence-corrected chi connectivity index (χ0v) is 7.61. The van der Waals surface area contributed by atoms with Crippen LogP contribution in [0.2, 0.25) is 0 Å². The molecule has 4 N–H and O–H groups in total. The number of benzene rings is 1. The molecule has 0 aliphatic rings. The van der Waals surface area contributed by atoms with E-state index in [1.54, 1.807) is 0 Å². The summed E-state index contributed by atoms with van der Waals surface area (Å²) in [5, 5.41) is 0. The van der Waals surface area contributed by atoms with E-state index in [9.17, 15) is 9.59 Å². The van der Waals surface area contributed by atoms with Crippen molar-refractivity contribution >= 4 is 17.6 Å². The Kier molecular flexibility index (Phi) is 2.71. The minimum atomic E-state index is -0.637. The van der Waals surface area contributed by atoms with Gasteiger partial charge in [0.05, 0.1) is 12.7 Å². The predicted octanol–water partition coefficient (Wildman–Crippen LogP) is 0.154. The second-order valence-electron chi connectivity index (χ2n) is 2.70. The number of carbonyl (C=O) groups is 2. The van der Waals surface area contributed by atoms with Gasteiger partial charge in [-0.05, 0) is 18.2 Å². The monoisotopic (exact) mass is 194 g/mol. The number of ether oxygens (including phenoxy) is 1. The molecule has 74 valence electrons. The smallest absolute Gasteiger partial charge is 0.337 e. The van der Waals surface area contributed by atoms with Crippen molar-refractivity contribution in [1.82, 2.24) is 0 Å². The van der Waals surface area contributed by atoms with Gasteiger partial charge in [0.15, 0.2) is 0 Å². The van der Waals surface area contributed by atoms with Gasteiger partial charge in [-0.3, -0.25) is 4.79 Å². The number of esters is 1. The fourth-order valence-corrected chi connectivity index (χ4v) is 1.03. The van der Waals surface area contributed by atoms with Crippen molar-refractivity contribution < 1.29 is 14.3 Å². The maximum Gasteiger partial charge on any atom is 0.337 e. The van der Waals surface area contributed by atoms with E-state index < -0.39 is 11.9 Å². The first-order valence-electron chi connectivity index (χ1n) is 3.83. The quantitative estimate of drug-likeness (QED) is 0.517. The summed E-state index contributed by atoms with van der Waals surface area (Å²) >= 11 is 0. The molecule has 0 radical (unpaired) electrons. The van der Waals surface area contributed by atoms with Crippen LogP contribution in [-0.2, 0) is 4.74 Å². The van der Waals surface area contributed by atoms with Gasteiger partial charge in [-0.25, -0.2) is 4.79 Å². The van der Waals surface area contributed by atoms with Gasteiger partial charge < -0.3 is 16.2 Å². The Labute approximate surface area is 80.6 Å². The maximum absolute atomic E-state index is 11.1. The second-order valence-corrected chi connectivity index (χ2v) is 2.70. The van der Waals surface area contributed by atoms with Crippen LogP contribution in [0.15, 0.2) is 18.2 Å². The third-order valence-corrected chi connectivity index (χ3v) is 1.66. The highest BCUT2D eigenvalue weighted by Gasteiger charge is 2.09. The van der Waals surface area contributed by atoms with E-state index in [0.29, 0.717) is 5.69 Å². The van der Waals surface area contributed by atoms with Crippen molar-refractivity contribution in [3.8, 4) is 0 Å². The van der Waals surface area contributed by atoms with Gasteiger partial charge in [0, 0.05) is 11.3 Å². The molecular formula is C9H10N2O3. The zero-order chi connectivity index (χ0) is 10.7. The first-order chi connectivity index (χ1) is 6.54. The van der Waals surface area contributed by atoms with Crippen LogP contribution in [0.5, 0.6) is 0 Å². The molecule has 14 heavy (non-hydrogen) atoms. The molecule has 0 atom stereocenters. The molecule has 0 heterocycles. The molecule has 0 spiro atoms. The lowest BCUT2D eigenvalue weighted by molar-refractivity contribution is 0.0601. The number of hydrogen-bond donors (Lipinski definition) is 2. The maximum atomic E-state index is 11.1. The SMILES string of the molecule is COC(=O)c1cc(N)cc(C(N)=O)c1. The van der Waals surface area contributed by atoms with Crippen molar-refractivity contribution in [3.05, 3.63) is 29.3 Å². The molecule has 0 bridgehead atoms. The Hall–Kier alpha value is -2.04. The molecular weight excluding hydrogens is 184 g/mol. The van der Waals surface area contributed by atoms with Crippen molar-refractivity contribution in [3.63, 3.8) is 0 Å².